The van der Waals surface area contributed by atoms with Crippen molar-refractivity contribution in [3.05, 3.63) is 58.8 Å². The first-order valence-electron chi connectivity index (χ1n) is 18.1. The van der Waals surface area contributed by atoms with Crippen molar-refractivity contribution < 1.29 is 29.0 Å². The van der Waals surface area contributed by atoms with Crippen LogP contribution in [0, 0.1) is 23.7 Å². The summed E-state index contributed by atoms with van der Waals surface area (Å²) in [5.41, 5.74) is 3.47. The average Bonchev–Trinajstić information content (AvgIpc) is 3.55. The van der Waals surface area contributed by atoms with Gasteiger partial charge >= 0.3 is 5.97 Å². The number of hydrogen-bond acceptors (Lipinski definition) is 7. The molecule has 3 N–H and O–H groups in total. The maximum absolute atomic E-state index is 14.3. The number of aliphatic carboxylic acids is 1. The van der Waals surface area contributed by atoms with E-state index in [-0.39, 0.29) is 23.4 Å². The Morgan fingerprint density at radius 1 is 0.920 bits per heavy atom. The summed E-state index contributed by atoms with van der Waals surface area (Å²) in [6, 6.07) is 11.0. The van der Waals surface area contributed by atoms with Crippen LogP contribution in [0.15, 0.2) is 36.4 Å². The predicted molar refractivity (Wildman–Crippen MR) is 189 cm³/mol. The summed E-state index contributed by atoms with van der Waals surface area (Å²) in [6.07, 6.45) is 8.80. The average molecular weight is 684 g/mol. The topological polar surface area (TPSA) is 135 Å². The monoisotopic (exact) mass is 683 g/mol. The van der Waals surface area contributed by atoms with E-state index in [4.69, 9.17) is 14.6 Å². The zero-order valence-electron chi connectivity index (χ0n) is 29.6. The molecule has 11 nitrogen and oxygen atoms in total. The zero-order valence-corrected chi connectivity index (χ0v) is 29.6. The molecule has 1 aromatic heterocycles. The van der Waals surface area contributed by atoms with E-state index in [1.165, 1.54) is 6.42 Å². The number of ether oxygens (including phenoxy) is 2. The van der Waals surface area contributed by atoms with Crippen molar-refractivity contribution in [1.82, 2.24) is 25.3 Å². The molecule has 3 aromatic rings. The molecule has 0 unspecified atom stereocenters. The number of amides is 2. The van der Waals surface area contributed by atoms with Gasteiger partial charge in [0.15, 0.2) is 5.69 Å². The SMILES string of the molecule is COc1cccc(OC)c1-c1cc(C(=O)NC2(C(=O)O)C3CC4CC(C3)CC2C4)nn1-c1ccc(C(=O)NCCCN(C)C)c2c1CCCC2. The second-order valence-corrected chi connectivity index (χ2v) is 15.0. The van der Waals surface area contributed by atoms with Gasteiger partial charge in [0, 0.05) is 12.1 Å². The van der Waals surface area contributed by atoms with Crippen molar-refractivity contribution in [3.8, 4) is 28.4 Å². The molecule has 5 aliphatic carbocycles. The Morgan fingerprint density at radius 2 is 1.56 bits per heavy atom. The number of hydrogen-bond donors (Lipinski definition) is 3. The Labute approximate surface area is 293 Å². The number of fused-ring (bicyclic) bond motifs is 1. The van der Waals surface area contributed by atoms with Crippen molar-refractivity contribution in [1.29, 1.82) is 0 Å². The number of carboxylic acids is 1. The van der Waals surface area contributed by atoms with Crippen molar-refractivity contribution in [2.24, 2.45) is 23.7 Å². The molecule has 5 aliphatic rings. The highest BCUT2D eigenvalue weighted by molar-refractivity contribution is 5.99. The molecule has 2 aromatic carbocycles. The van der Waals surface area contributed by atoms with Gasteiger partial charge in [-0.25, -0.2) is 9.48 Å². The van der Waals surface area contributed by atoms with Gasteiger partial charge < -0.3 is 30.1 Å². The van der Waals surface area contributed by atoms with Crippen LogP contribution in [0.25, 0.3) is 16.9 Å². The van der Waals surface area contributed by atoms with E-state index in [9.17, 15) is 19.5 Å². The maximum Gasteiger partial charge on any atom is 0.330 e. The largest absolute Gasteiger partial charge is 0.496 e. The van der Waals surface area contributed by atoms with Crippen molar-refractivity contribution in [2.75, 3.05) is 41.4 Å². The van der Waals surface area contributed by atoms with Crippen LogP contribution in [0.2, 0.25) is 0 Å². The molecule has 4 saturated carbocycles. The van der Waals surface area contributed by atoms with Crippen LogP contribution in [0.3, 0.4) is 0 Å². The highest BCUT2D eigenvalue weighted by Crippen LogP contribution is 2.58. The maximum atomic E-state index is 14.3. The minimum absolute atomic E-state index is 0.0877. The van der Waals surface area contributed by atoms with Crippen LogP contribution in [-0.2, 0) is 17.6 Å². The minimum Gasteiger partial charge on any atom is -0.496 e. The van der Waals surface area contributed by atoms with Crippen molar-refractivity contribution in [3.63, 3.8) is 0 Å². The molecule has 4 fully saturated rings. The zero-order chi connectivity index (χ0) is 35.2. The molecular weight excluding hydrogens is 634 g/mol. The molecule has 0 aliphatic heterocycles. The third kappa shape index (κ3) is 5.93. The van der Waals surface area contributed by atoms with Crippen molar-refractivity contribution in [2.45, 2.75) is 69.7 Å². The molecule has 0 spiro atoms. The van der Waals surface area contributed by atoms with Gasteiger partial charge in [-0.1, -0.05) is 6.07 Å². The number of aromatic nitrogens is 2. The highest BCUT2D eigenvalue weighted by Gasteiger charge is 2.62. The van der Waals surface area contributed by atoms with Gasteiger partial charge in [0.05, 0.1) is 31.2 Å². The van der Waals surface area contributed by atoms with Gasteiger partial charge in [-0.05, 0) is 150 Å². The Morgan fingerprint density at radius 3 is 2.16 bits per heavy atom. The summed E-state index contributed by atoms with van der Waals surface area (Å²) in [5.74, 6) is 0.447. The molecule has 0 saturated heterocycles. The van der Waals surface area contributed by atoms with Gasteiger partial charge in [-0.3, -0.25) is 9.59 Å². The van der Waals surface area contributed by atoms with Crippen LogP contribution >= 0.6 is 0 Å². The van der Waals surface area contributed by atoms with Gasteiger partial charge in [-0.2, -0.15) is 5.10 Å². The summed E-state index contributed by atoms with van der Waals surface area (Å²) in [4.78, 5) is 43.0. The first kappa shape index (κ1) is 34.1. The summed E-state index contributed by atoms with van der Waals surface area (Å²) in [7, 11) is 7.21. The standard InChI is InChI=1S/C39H49N5O6/c1-43(2)16-8-15-40-36(45)29-13-14-31(28-10-6-5-9-27(28)29)44-32(35-33(49-3)11-7-12-34(35)50-4)22-30(42-44)37(46)41-39(38(47)48)25-18-23-17-24(20-25)21-26(39)19-23/h7,11-14,22-26H,5-6,8-10,15-21H2,1-4H3,(H,40,45)(H,41,46)(H,47,48). The van der Waals surface area contributed by atoms with Crippen LogP contribution in [0.1, 0.15) is 83.3 Å². The first-order chi connectivity index (χ1) is 24.1. The first-order valence-corrected chi connectivity index (χ1v) is 18.1. The van der Waals surface area contributed by atoms with Crippen LogP contribution in [0.4, 0.5) is 0 Å². The van der Waals surface area contributed by atoms with E-state index in [1.54, 1.807) is 25.0 Å². The summed E-state index contributed by atoms with van der Waals surface area (Å²) in [5, 5.41) is 21.8. The van der Waals surface area contributed by atoms with Gasteiger partial charge in [-0.15, -0.1) is 0 Å². The quantitative estimate of drug-likeness (QED) is 0.224. The number of methoxy groups -OCH3 is 2. The third-order valence-electron chi connectivity index (χ3n) is 11.8. The molecule has 11 heteroatoms. The third-order valence-corrected chi connectivity index (χ3v) is 11.8. The fraction of sp³-hybridized carbons (Fsp3) is 0.538. The number of nitrogens with zero attached hydrogens (tertiary/aromatic N) is 3. The molecule has 0 radical (unpaired) electrons. The smallest absolute Gasteiger partial charge is 0.330 e. The van der Waals surface area contributed by atoms with E-state index in [2.05, 4.69) is 15.5 Å². The van der Waals surface area contributed by atoms with E-state index in [1.807, 2.05) is 44.4 Å². The van der Waals surface area contributed by atoms with Gasteiger partial charge in [0.2, 0.25) is 0 Å². The molecule has 0 atom stereocenters. The van der Waals surface area contributed by atoms with Crippen LogP contribution in [0.5, 0.6) is 11.5 Å². The number of rotatable bonds is 12. The molecular formula is C39H49N5O6. The summed E-state index contributed by atoms with van der Waals surface area (Å²) < 4.78 is 13.4. The molecule has 1 heterocycles. The summed E-state index contributed by atoms with van der Waals surface area (Å²) in [6.45, 7) is 1.47. The Hall–Kier alpha value is -4.38. The van der Waals surface area contributed by atoms with Crippen molar-refractivity contribution >= 4 is 17.8 Å². The lowest BCUT2D eigenvalue weighted by Gasteiger charge is -2.59. The fourth-order valence-electron chi connectivity index (χ4n) is 9.70. The molecule has 50 heavy (non-hydrogen) atoms. The van der Waals surface area contributed by atoms with E-state index < -0.39 is 17.4 Å². The highest BCUT2D eigenvalue weighted by atomic mass is 16.5. The van der Waals surface area contributed by atoms with E-state index >= 15 is 0 Å². The fourth-order valence-corrected chi connectivity index (χ4v) is 9.70. The van der Waals surface area contributed by atoms with E-state index in [0.29, 0.717) is 46.7 Å². The second-order valence-electron chi connectivity index (χ2n) is 15.0. The number of nitrogens with one attached hydrogen (secondary N) is 2. The minimum atomic E-state index is -1.31. The molecule has 2 amide bonds. The second kappa shape index (κ2) is 13.7. The molecule has 4 bridgehead atoms. The Kier molecular flexibility index (Phi) is 9.36. The lowest BCUT2D eigenvalue weighted by Crippen LogP contribution is -2.70. The number of benzene rings is 2. The number of carbonyl (C=O) groups is 3. The number of carbonyl (C=O) groups excluding carboxylic acids is 2. The van der Waals surface area contributed by atoms with Crippen LogP contribution in [-0.4, -0.2) is 84.5 Å². The lowest BCUT2D eigenvalue weighted by atomic mass is 9.48. The molecule has 8 rings (SSSR count). The van der Waals surface area contributed by atoms with E-state index in [0.717, 1.165) is 81.1 Å². The normalized spacial score (nSPS) is 24.9. The lowest BCUT2D eigenvalue weighted by molar-refractivity contribution is -0.163. The predicted octanol–water partition coefficient (Wildman–Crippen LogP) is 5.13. The van der Waals surface area contributed by atoms with Gasteiger partial charge in [0.25, 0.3) is 11.8 Å². The Balaban J connectivity index is 1.31. The summed E-state index contributed by atoms with van der Waals surface area (Å²) >= 11 is 0. The Bertz CT molecular complexity index is 1750. The van der Waals surface area contributed by atoms with Crippen LogP contribution < -0.4 is 20.1 Å². The van der Waals surface area contributed by atoms with Gasteiger partial charge in [0.1, 0.15) is 17.0 Å². The molecule has 266 valence electrons. The number of carboxylic acid groups (broad SMARTS) is 1.